The molecular formula is C41H26N2S. The van der Waals surface area contributed by atoms with Crippen LogP contribution in [0.2, 0.25) is 0 Å². The summed E-state index contributed by atoms with van der Waals surface area (Å²) in [6.07, 6.45) is 0. The van der Waals surface area contributed by atoms with Crippen LogP contribution in [0.15, 0.2) is 157 Å². The van der Waals surface area contributed by atoms with Crippen molar-refractivity contribution in [2.75, 3.05) is 0 Å². The van der Waals surface area contributed by atoms with Gasteiger partial charge in [0.05, 0.1) is 16.1 Å². The van der Waals surface area contributed by atoms with Gasteiger partial charge >= 0.3 is 0 Å². The van der Waals surface area contributed by atoms with Crippen LogP contribution in [0.3, 0.4) is 0 Å². The zero-order valence-electron chi connectivity index (χ0n) is 23.8. The Morgan fingerprint density at radius 3 is 1.68 bits per heavy atom. The number of fused-ring (bicyclic) bond motifs is 5. The fraction of sp³-hybridized carbons (Fsp3) is 0. The minimum Gasteiger partial charge on any atom is -0.230 e. The van der Waals surface area contributed by atoms with Crippen molar-refractivity contribution in [3.05, 3.63) is 157 Å². The third-order valence-corrected chi connectivity index (χ3v) is 9.57. The van der Waals surface area contributed by atoms with E-state index in [0.717, 1.165) is 33.6 Å². The first-order chi connectivity index (χ1) is 21.8. The van der Waals surface area contributed by atoms with Gasteiger partial charge in [-0.25, -0.2) is 4.52 Å². The van der Waals surface area contributed by atoms with Gasteiger partial charge in [-0.05, 0) is 67.2 Å². The van der Waals surface area contributed by atoms with Gasteiger partial charge < -0.3 is 0 Å². The number of aromatic nitrogens is 2. The highest BCUT2D eigenvalue weighted by molar-refractivity contribution is 7.13. The van der Waals surface area contributed by atoms with Crippen LogP contribution in [0.4, 0.5) is 0 Å². The topological polar surface area (TPSA) is 17.3 Å². The largest absolute Gasteiger partial charge is 0.230 e. The second kappa shape index (κ2) is 10.0. The van der Waals surface area contributed by atoms with Gasteiger partial charge in [0.15, 0.2) is 0 Å². The summed E-state index contributed by atoms with van der Waals surface area (Å²) < 4.78 is 2.16. The highest BCUT2D eigenvalue weighted by atomic mass is 32.1. The maximum atomic E-state index is 5.39. The summed E-state index contributed by atoms with van der Waals surface area (Å²) in [4.78, 5) is 1.20. The van der Waals surface area contributed by atoms with Crippen molar-refractivity contribution in [3.8, 4) is 44.1 Å². The zero-order valence-corrected chi connectivity index (χ0v) is 24.6. The number of hydrogen-bond donors (Lipinski definition) is 0. The number of thiophene rings is 1. The summed E-state index contributed by atoms with van der Waals surface area (Å²) in [5, 5.41) is 15.0. The van der Waals surface area contributed by atoms with Gasteiger partial charge in [-0.3, -0.25) is 0 Å². The third-order valence-electron chi connectivity index (χ3n) is 8.68. The molecule has 9 aromatic rings. The second-order valence-electron chi connectivity index (χ2n) is 11.2. The predicted molar refractivity (Wildman–Crippen MR) is 187 cm³/mol. The van der Waals surface area contributed by atoms with Crippen molar-refractivity contribution < 1.29 is 0 Å². The molecule has 0 atom stereocenters. The normalized spacial score (nSPS) is 11.6. The fourth-order valence-electron chi connectivity index (χ4n) is 6.69. The van der Waals surface area contributed by atoms with E-state index in [2.05, 4.69) is 162 Å². The number of hydrogen-bond acceptors (Lipinski definition) is 2. The Labute approximate surface area is 259 Å². The van der Waals surface area contributed by atoms with Crippen molar-refractivity contribution in [1.82, 2.24) is 9.61 Å². The minimum absolute atomic E-state index is 0.986. The lowest BCUT2D eigenvalue weighted by Gasteiger charge is -2.13. The summed E-state index contributed by atoms with van der Waals surface area (Å²) >= 11 is 1.75. The van der Waals surface area contributed by atoms with Gasteiger partial charge in [-0.1, -0.05) is 133 Å². The highest BCUT2D eigenvalue weighted by Gasteiger charge is 2.22. The molecule has 0 amide bonds. The maximum absolute atomic E-state index is 5.39. The molecule has 3 heteroatoms. The van der Waals surface area contributed by atoms with Crippen LogP contribution in [0.1, 0.15) is 0 Å². The molecule has 3 heterocycles. The molecule has 0 saturated heterocycles. The molecule has 0 fully saturated rings. The molecule has 0 bridgehead atoms. The first-order valence-electron chi connectivity index (χ1n) is 14.9. The summed E-state index contributed by atoms with van der Waals surface area (Å²) in [7, 11) is 0. The van der Waals surface area contributed by atoms with Crippen LogP contribution < -0.4 is 0 Å². The quantitative estimate of drug-likeness (QED) is 0.190. The monoisotopic (exact) mass is 578 g/mol. The summed E-state index contributed by atoms with van der Waals surface area (Å²) in [6.45, 7) is 0. The van der Waals surface area contributed by atoms with Crippen LogP contribution in [0.5, 0.6) is 0 Å². The van der Waals surface area contributed by atoms with Gasteiger partial charge in [0.25, 0.3) is 0 Å². The number of benzene rings is 6. The summed E-state index contributed by atoms with van der Waals surface area (Å²) in [5.74, 6) is 0. The predicted octanol–water partition coefficient (Wildman–Crippen LogP) is 11.5. The van der Waals surface area contributed by atoms with Crippen LogP contribution in [0, 0.1) is 0 Å². The van der Waals surface area contributed by atoms with E-state index < -0.39 is 0 Å². The molecule has 0 radical (unpaired) electrons. The third kappa shape index (κ3) is 3.90. The molecule has 9 rings (SSSR count). The van der Waals surface area contributed by atoms with Crippen molar-refractivity contribution in [3.63, 3.8) is 0 Å². The smallest absolute Gasteiger partial charge is 0.101 e. The van der Waals surface area contributed by atoms with Crippen molar-refractivity contribution in [2.45, 2.75) is 0 Å². The molecule has 0 spiro atoms. The van der Waals surface area contributed by atoms with Gasteiger partial charge in [0.2, 0.25) is 0 Å². The second-order valence-corrected chi connectivity index (χ2v) is 12.2. The van der Waals surface area contributed by atoms with Gasteiger partial charge in [-0.2, -0.15) is 5.10 Å². The van der Waals surface area contributed by atoms with Crippen molar-refractivity contribution >= 4 is 49.2 Å². The molecular weight excluding hydrogens is 553 g/mol. The lowest BCUT2D eigenvalue weighted by Crippen LogP contribution is -1.94. The molecule has 44 heavy (non-hydrogen) atoms. The van der Waals surface area contributed by atoms with Crippen LogP contribution in [-0.4, -0.2) is 9.61 Å². The highest BCUT2D eigenvalue weighted by Crippen LogP contribution is 2.42. The van der Waals surface area contributed by atoms with Crippen LogP contribution in [-0.2, 0) is 0 Å². The lowest BCUT2D eigenvalue weighted by atomic mass is 9.91. The average Bonchev–Trinajstić information content (AvgIpc) is 3.77. The van der Waals surface area contributed by atoms with E-state index in [1.54, 1.807) is 11.3 Å². The summed E-state index contributed by atoms with van der Waals surface area (Å²) in [6, 6.07) is 54.6. The van der Waals surface area contributed by atoms with Crippen LogP contribution >= 0.6 is 11.3 Å². The number of rotatable bonds is 4. The molecule has 0 unspecified atom stereocenters. The Hall–Kier alpha value is -5.51. The van der Waals surface area contributed by atoms with Crippen molar-refractivity contribution in [2.24, 2.45) is 0 Å². The Bertz CT molecular complexity index is 2420. The minimum atomic E-state index is 0.986. The molecule has 3 aromatic heterocycles. The molecule has 0 aliphatic heterocycles. The van der Waals surface area contributed by atoms with Gasteiger partial charge in [-0.15, -0.1) is 11.3 Å². The van der Waals surface area contributed by atoms with Gasteiger partial charge in [0, 0.05) is 16.5 Å². The zero-order chi connectivity index (χ0) is 29.0. The van der Waals surface area contributed by atoms with E-state index >= 15 is 0 Å². The Balaban J connectivity index is 1.32. The molecule has 206 valence electrons. The number of pyridine rings is 1. The molecule has 0 aliphatic rings. The van der Waals surface area contributed by atoms with E-state index in [9.17, 15) is 0 Å². The Kier molecular flexibility index (Phi) is 5.71. The molecule has 0 saturated carbocycles. The molecule has 0 aliphatic carbocycles. The van der Waals surface area contributed by atoms with E-state index in [-0.39, 0.29) is 0 Å². The maximum Gasteiger partial charge on any atom is 0.101 e. The molecule has 6 aromatic carbocycles. The number of nitrogens with zero attached hydrogens (tertiary/aromatic N) is 2. The summed E-state index contributed by atoms with van der Waals surface area (Å²) in [5.41, 5.74) is 9.12. The first-order valence-corrected chi connectivity index (χ1v) is 15.8. The van der Waals surface area contributed by atoms with E-state index in [1.807, 2.05) is 0 Å². The van der Waals surface area contributed by atoms with Crippen LogP contribution in [0.25, 0.3) is 81.9 Å². The first kappa shape index (κ1) is 25.0. The standard InChI is InChI=1S/C41H26N2S/c1-2-11-27(12-3-1)39-40(42-43-36(37-19-10-24-44-37)26-32-15-6-9-18-35(32)41(39)43)29-22-20-28(21-23-29)38-33-16-7-4-13-30(33)25-31-14-5-8-17-34(31)38/h1-26H. The Morgan fingerprint density at radius 2 is 1.02 bits per heavy atom. The molecule has 2 nitrogen and oxygen atoms in total. The average molecular weight is 579 g/mol. The SMILES string of the molecule is c1ccc(-c2c(-c3ccc(-c4c5ccccc5cc5ccccc45)cc3)nn3c(-c4cccs4)cc4ccccc4c23)cc1. The lowest BCUT2D eigenvalue weighted by molar-refractivity contribution is 0.982. The van der Waals surface area contributed by atoms with E-state index in [1.165, 1.54) is 48.3 Å². The fourth-order valence-corrected chi connectivity index (χ4v) is 7.41. The Morgan fingerprint density at radius 1 is 0.455 bits per heavy atom. The van der Waals surface area contributed by atoms with E-state index in [0.29, 0.717) is 0 Å². The molecule has 0 N–H and O–H groups in total. The van der Waals surface area contributed by atoms with Gasteiger partial charge in [0.1, 0.15) is 5.69 Å². The van der Waals surface area contributed by atoms with E-state index in [4.69, 9.17) is 5.10 Å². The van der Waals surface area contributed by atoms with Crippen molar-refractivity contribution in [1.29, 1.82) is 0 Å².